The van der Waals surface area contributed by atoms with Crippen LogP contribution in [0, 0.1) is 0 Å². The van der Waals surface area contributed by atoms with Gasteiger partial charge in [-0.2, -0.15) is 0 Å². The molecule has 2 N–H and O–H groups in total. The van der Waals surface area contributed by atoms with E-state index >= 15 is 0 Å². The van der Waals surface area contributed by atoms with E-state index in [0.29, 0.717) is 0 Å². The minimum absolute atomic E-state index is 0.0340. The van der Waals surface area contributed by atoms with Gasteiger partial charge in [0.25, 0.3) is 0 Å². The van der Waals surface area contributed by atoms with Crippen LogP contribution in [-0.4, -0.2) is 30.0 Å². The molecule has 1 rings (SSSR count). The largest absolute Gasteiger partial charge is 0.347 e. The number of hydrogen-bond donors (Lipinski definition) is 2. The lowest BCUT2D eigenvalue weighted by Crippen LogP contribution is -2.01. The first-order valence-electron chi connectivity index (χ1n) is 2.47. The topological polar surface area (TPSA) is 101 Å². The molecule has 1 radical (unpaired) electrons. The average molecular weight is 195 g/mol. The number of nitrogens with zero attached hydrogens (tertiary/aromatic N) is 4. The summed E-state index contributed by atoms with van der Waals surface area (Å²) in [6.45, 7) is 0. The molecule has 0 fully saturated rings. The van der Waals surface area contributed by atoms with E-state index in [0.717, 1.165) is 4.68 Å². The van der Waals surface area contributed by atoms with Crippen molar-refractivity contribution in [2.24, 2.45) is 0 Å². The van der Waals surface area contributed by atoms with Gasteiger partial charge in [0.1, 0.15) is 6.29 Å². The zero-order chi connectivity index (χ0) is 8.48. The Bertz CT molecular complexity index is 293. The normalized spacial score (nSPS) is 11.8. The summed E-state index contributed by atoms with van der Waals surface area (Å²) in [5.41, 5.74) is 0. The van der Waals surface area contributed by atoms with E-state index in [2.05, 4.69) is 28.2 Å². The van der Waals surface area contributed by atoms with Crippen LogP contribution in [0.1, 0.15) is 0 Å². The third-order valence-corrected chi connectivity index (χ3v) is 1.75. The predicted octanol–water partition coefficient (Wildman–Crippen LogP) is -0.635. The molecule has 11 heavy (non-hydrogen) atoms. The second kappa shape index (κ2) is 2.82. The maximum Gasteiger partial charge on any atom is 0.347 e. The second-order valence-corrected chi connectivity index (χ2v) is 3.74. The van der Waals surface area contributed by atoms with Crippen molar-refractivity contribution in [3.05, 3.63) is 0 Å². The molecule has 0 saturated heterocycles. The van der Waals surface area contributed by atoms with Crippen LogP contribution in [0.2, 0.25) is 0 Å². The number of tetrazole rings is 1. The standard InChI is InChI=1S/C2H4N4O3PS/c7-10(8,9)1-6-2(11)3-4-5-6/h1H2,(H2,7,8,9). The van der Waals surface area contributed by atoms with Crippen LogP contribution < -0.4 is 0 Å². The van der Waals surface area contributed by atoms with Crippen LogP contribution in [0.4, 0.5) is 0 Å². The van der Waals surface area contributed by atoms with Gasteiger partial charge >= 0.3 is 7.60 Å². The van der Waals surface area contributed by atoms with Gasteiger partial charge in [-0.1, -0.05) is 5.10 Å². The molecule has 0 aromatic carbocycles. The lowest BCUT2D eigenvalue weighted by atomic mass is 11.2. The molecule has 0 aliphatic heterocycles. The first-order valence-corrected chi connectivity index (χ1v) is 4.67. The molecule has 1 aromatic heterocycles. The van der Waals surface area contributed by atoms with Gasteiger partial charge < -0.3 is 9.79 Å². The molecular weight excluding hydrogens is 191 g/mol. The molecule has 0 bridgehead atoms. The van der Waals surface area contributed by atoms with Crippen molar-refractivity contribution in [2.45, 2.75) is 11.4 Å². The lowest BCUT2D eigenvalue weighted by molar-refractivity contribution is 0.355. The lowest BCUT2D eigenvalue weighted by Gasteiger charge is -2.01. The first-order chi connectivity index (χ1) is 4.99. The van der Waals surface area contributed by atoms with Crippen LogP contribution in [0.3, 0.4) is 0 Å². The van der Waals surface area contributed by atoms with Crippen LogP contribution in [-0.2, 0) is 10.9 Å². The molecule has 7 nitrogen and oxygen atoms in total. The Hall–Kier alpha value is -0.560. The fraction of sp³-hybridized carbons (Fsp3) is 0.500. The summed E-state index contributed by atoms with van der Waals surface area (Å²) >= 11 is 4.54. The van der Waals surface area contributed by atoms with E-state index < -0.39 is 13.9 Å². The van der Waals surface area contributed by atoms with E-state index in [-0.39, 0.29) is 5.16 Å². The Morgan fingerprint density at radius 1 is 1.64 bits per heavy atom. The summed E-state index contributed by atoms with van der Waals surface area (Å²) in [4.78, 5) is 16.9. The molecule has 0 spiro atoms. The molecule has 1 heterocycles. The van der Waals surface area contributed by atoms with Crippen LogP contribution in [0.5, 0.6) is 0 Å². The van der Waals surface area contributed by atoms with E-state index in [1.807, 2.05) is 0 Å². The third-order valence-electron chi connectivity index (χ3n) is 0.817. The summed E-state index contributed by atoms with van der Waals surface area (Å²) < 4.78 is 11.3. The quantitative estimate of drug-likeness (QED) is 0.609. The molecule has 9 heteroatoms. The molecule has 1 aromatic rings. The first kappa shape index (κ1) is 8.54. The second-order valence-electron chi connectivity index (χ2n) is 1.77. The molecular formula is C2H4N4O3PS. The third kappa shape index (κ3) is 2.51. The van der Waals surface area contributed by atoms with Gasteiger partial charge in [-0.05, 0) is 23.1 Å². The molecule has 0 aliphatic rings. The fourth-order valence-corrected chi connectivity index (χ4v) is 1.23. The summed E-state index contributed by atoms with van der Waals surface area (Å²) in [7, 11) is -4.13. The van der Waals surface area contributed by atoms with Crippen LogP contribution in [0.25, 0.3) is 0 Å². The number of rotatable bonds is 2. The minimum Gasteiger partial charge on any atom is -0.323 e. The zero-order valence-corrected chi connectivity index (χ0v) is 6.87. The van der Waals surface area contributed by atoms with Crippen molar-refractivity contribution < 1.29 is 14.4 Å². The van der Waals surface area contributed by atoms with Crippen molar-refractivity contribution in [3.8, 4) is 0 Å². The zero-order valence-electron chi connectivity index (χ0n) is 5.15. The Labute approximate surface area is 67.0 Å². The summed E-state index contributed by atoms with van der Waals surface area (Å²) in [6.07, 6.45) is -0.571. The van der Waals surface area contributed by atoms with Gasteiger partial charge in [-0.3, -0.25) is 4.57 Å². The van der Waals surface area contributed by atoms with Gasteiger partial charge in [0.2, 0.25) is 5.16 Å². The molecule has 0 saturated carbocycles. The van der Waals surface area contributed by atoms with Gasteiger partial charge in [-0.25, -0.2) is 4.68 Å². The van der Waals surface area contributed by atoms with E-state index in [4.69, 9.17) is 9.79 Å². The molecule has 61 valence electrons. The highest BCUT2D eigenvalue weighted by Gasteiger charge is 2.16. The molecule has 0 unspecified atom stereocenters. The molecule has 0 amide bonds. The van der Waals surface area contributed by atoms with Gasteiger partial charge in [0.05, 0.1) is 0 Å². The van der Waals surface area contributed by atoms with Crippen molar-refractivity contribution in [2.75, 3.05) is 0 Å². The smallest absolute Gasteiger partial charge is 0.323 e. The highest BCUT2D eigenvalue weighted by molar-refractivity contribution is 7.80. The van der Waals surface area contributed by atoms with Gasteiger partial charge in [0, 0.05) is 0 Å². The Morgan fingerprint density at radius 3 is 2.64 bits per heavy atom. The van der Waals surface area contributed by atoms with Crippen LogP contribution >= 0.6 is 20.2 Å². The van der Waals surface area contributed by atoms with Crippen LogP contribution in [0.15, 0.2) is 5.16 Å². The van der Waals surface area contributed by atoms with Crippen molar-refractivity contribution >= 4 is 20.2 Å². The van der Waals surface area contributed by atoms with E-state index in [1.54, 1.807) is 0 Å². The fourth-order valence-electron chi connectivity index (χ4n) is 0.460. The maximum atomic E-state index is 10.4. The SMILES string of the molecule is O=P(O)(O)Cn1nnnc1[S]. The summed E-state index contributed by atoms with van der Waals surface area (Å²) in [5.74, 6) is 0. The van der Waals surface area contributed by atoms with E-state index in [9.17, 15) is 4.57 Å². The number of aromatic nitrogens is 4. The minimum atomic E-state index is -4.13. The van der Waals surface area contributed by atoms with Crippen molar-refractivity contribution in [3.63, 3.8) is 0 Å². The Balaban J connectivity index is 2.80. The summed E-state index contributed by atoms with van der Waals surface area (Å²) in [5, 5.41) is 9.62. The highest BCUT2D eigenvalue weighted by atomic mass is 32.1. The maximum absolute atomic E-state index is 10.4. The highest BCUT2D eigenvalue weighted by Crippen LogP contribution is 2.36. The van der Waals surface area contributed by atoms with Gasteiger partial charge in [0.15, 0.2) is 0 Å². The average Bonchev–Trinajstić information content (AvgIpc) is 2.12. The Kier molecular flexibility index (Phi) is 2.19. The summed E-state index contributed by atoms with van der Waals surface area (Å²) in [6, 6.07) is 0. The van der Waals surface area contributed by atoms with Crippen molar-refractivity contribution in [1.82, 2.24) is 20.2 Å². The number of hydrogen-bond acceptors (Lipinski definition) is 4. The molecule has 0 atom stereocenters. The molecule has 0 aliphatic carbocycles. The van der Waals surface area contributed by atoms with Gasteiger partial charge in [-0.15, -0.1) is 0 Å². The Morgan fingerprint density at radius 2 is 2.27 bits per heavy atom. The monoisotopic (exact) mass is 195 g/mol. The van der Waals surface area contributed by atoms with Crippen molar-refractivity contribution in [1.29, 1.82) is 0 Å². The predicted molar refractivity (Wildman–Crippen MR) is 35.7 cm³/mol. The van der Waals surface area contributed by atoms with E-state index in [1.165, 1.54) is 0 Å².